The Morgan fingerprint density at radius 3 is 1.63 bits per heavy atom. The maximum absolute atomic E-state index is 12.2. The quantitative estimate of drug-likeness (QED) is 0.0835. The van der Waals surface area contributed by atoms with Crippen LogP contribution in [0.25, 0.3) is 0 Å². The molecule has 0 radical (unpaired) electrons. The number of hydrogen-bond donors (Lipinski definition) is 1. The molecule has 0 amide bonds. The summed E-state index contributed by atoms with van der Waals surface area (Å²) in [4.78, 5) is 10.0. The zero-order valence-electron chi connectivity index (χ0n) is 24.1. The van der Waals surface area contributed by atoms with Crippen molar-refractivity contribution in [1.82, 2.24) is 0 Å². The molecule has 1 N–H and O–H groups in total. The van der Waals surface area contributed by atoms with Gasteiger partial charge >= 0.3 is 7.60 Å². The molecule has 0 rings (SSSR count). The minimum Gasteiger partial charge on any atom is -0.379 e. The third-order valence-corrected chi connectivity index (χ3v) is 9.50. The molecular formula is C28H61O5P2+. The van der Waals surface area contributed by atoms with Gasteiger partial charge < -0.3 is 18.9 Å². The average Bonchev–Trinajstić information content (AvgIpc) is 2.79. The van der Waals surface area contributed by atoms with Crippen molar-refractivity contribution < 1.29 is 23.5 Å². The van der Waals surface area contributed by atoms with Gasteiger partial charge in [0.1, 0.15) is 0 Å². The molecule has 0 aliphatic carbocycles. The monoisotopic (exact) mass is 539 g/mol. The van der Waals surface area contributed by atoms with Crippen LogP contribution in [0, 0.1) is 0 Å². The van der Waals surface area contributed by atoms with E-state index in [1.54, 1.807) is 7.11 Å². The molecule has 0 fully saturated rings. The predicted molar refractivity (Wildman–Crippen MR) is 156 cm³/mol. The molecule has 0 saturated carbocycles. The van der Waals surface area contributed by atoms with Gasteiger partial charge in [-0.25, -0.2) is 0 Å². The van der Waals surface area contributed by atoms with E-state index in [1.807, 2.05) is 0 Å². The zero-order chi connectivity index (χ0) is 26.3. The summed E-state index contributed by atoms with van der Waals surface area (Å²) in [5.41, 5.74) is 0. The molecule has 0 bridgehead atoms. The van der Waals surface area contributed by atoms with Gasteiger partial charge in [-0.3, -0.25) is 4.57 Å². The van der Waals surface area contributed by atoms with Crippen LogP contribution in [0.5, 0.6) is 0 Å². The van der Waals surface area contributed by atoms with Crippen molar-refractivity contribution in [2.45, 2.75) is 122 Å². The Labute approximate surface area is 219 Å². The summed E-state index contributed by atoms with van der Waals surface area (Å²) in [6.45, 7) is 10.5. The molecule has 0 aromatic rings. The highest BCUT2D eigenvalue weighted by Gasteiger charge is 2.24. The van der Waals surface area contributed by atoms with Crippen LogP contribution < -0.4 is 0 Å². The molecular weight excluding hydrogens is 478 g/mol. The van der Waals surface area contributed by atoms with Gasteiger partial charge in [0.15, 0.2) is 0 Å². The van der Waals surface area contributed by atoms with Crippen molar-refractivity contribution in [3.63, 3.8) is 0 Å². The molecule has 2 unspecified atom stereocenters. The minimum absolute atomic E-state index is 0.122. The number of ether oxygens (including phenoxy) is 2. The molecule has 0 heterocycles. The summed E-state index contributed by atoms with van der Waals surface area (Å²) in [5, 5.41) is 0. The van der Waals surface area contributed by atoms with E-state index in [9.17, 15) is 9.46 Å². The first-order valence-corrected chi connectivity index (χ1v) is 19.7. The van der Waals surface area contributed by atoms with Gasteiger partial charge in [0, 0.05) is 41.0 Å². The molecule has 0 aromatic heterocycles. The van der Waals surface area contributed by atoms with Crippen LogP contribution in [-0.4, -0.2) is 70.2 Å². The third kappa shape index (κ3) is 27.4. The second-order valence-corrected chi connectivity index (χ2v) is 18.2. The summed E-state index contributed by atoms with van der Waals surface area (Å²) in [6.07, 6.45) is 23.2. The Kier molecular flexibility index (Phi) is 23.9. The van der Waals surface area contributed by atoms with Gasteiger partial charge in [0.25, 0.3) is 0 Å². The fraction of sp³-hybridized carbons (Fsp3) is 1.00. The first-order valence-electron chi connectivity index (χ1n) is 14.6. The summed E-state index contributed by atoms with van der Waals surface area (Å²) in [6, 6.07) is 0. The van der Waals surface area contributed by atoms with E-state index in [2.05, 4.69) is 26.9 Å². The van der Waals surface area contributed by atoms with E-state index in [0.717, 1.165) is 19.2 Å². The van der Waals surface area contributed by atoms with Crippen LogP contribution in [0.2, 0.25) is 0 Å². The third-order valence-electron chi connectivity index (χ3n) is 6.57. The summed E-state index contributed by atoms with van der Waals surface area (Å²) in [5.74, 6) is 0. The van der Waals surface area contributed by atoms with Gasteiger partial charge in [-0.1, -0.05) is 103 Å². The highest BCUT2D eigenvalue weighted by atomic mass is 31.2. The normalized spacial score (nSPS) is 14.8. The predicted octanol–water partition coefficient (Wildman–Crippen LogP) is 8.78. The lowest BCUT2D eigenvalue weighted by molar-refractivity contribution is 0.00561. The van der Waals surface area contributed by atoms with Crippen LogP contribution in [0.15, 0.2) is 0 Å². The van der Waals surface area contributed by atoms with Crippen molar-refractivity contribution in [3.05, 3.63) is 0 Å². The highest BCUT2D eigenvalue weighted by molar-refractivity contribution is 7.73. The lowest BCUT2D eigenvalue weighted by Crippen LogP contribution is -2.20. The first kappa shape index (κ1) is 35.5. The Bertz CT molecular complexity index is 496. The lowest BCUT2D eigenvalue weighted by atomic mass is 10.0. The highest BCUT2D eigenvalue weighted by Crippen LogP contribution is 2.48. The fourth-order valence-electron chi connectivity index (χ4n) is 4.07. The topological polar surface area (TPSA) is 65.0 Å². The standard InChI is InChI=1S/C28H60O5P2/c1-6-7-8-9-10-11-12-13-14-15-16-17-18-19-20-21-23-32-27-28(31-2)22-25-35(29,30)33-24-26-34(3,4)5/h28H,6-27H2,1-5H3/p+1. The summed E-state index contributed by atoms with van der Waals surface area (Å²) >= 11 is 0. The summed E-state index contributed by atoms with van der Waals surface area (Å²) in [7, 11) is -2.90. The second kappa shape index (κ2) is 23.6. The molecule has 0 aromatic carbocycles. The van der Waals surface area contributed by atoms with E-state index in [1.165, 1.54) is 96.3 Å². The zero-order valence-corrected chi connectivity index (χ0v) is 25.9. The Morgan fingerprint density at radius 1 is 0.743 bits per heavy atom. The molecule has 0 aliphatic rings. The number of methoxy groups -OCH3 is 1. The molecule has 0 saturated heterocycles. The number of rotatable bonds is 27. The van der Waals surface area contributed by atoms with Gasteiger partial charge in [0.2, 0.25) is 0 Å². The number of unbranched alkanes of at least 4 members (excludes halogenated alkanes) is 15. The Balaban J connectivity index is 3.49. The SMILES string of the molecule is CCCCCCCCCCCCCCCCCCOCC(CCP(=O)(O)OCC[P+](C)(C)C)OC. The van der Waals surface area contributed by atoms with Gasteiger partial charge in [-0.15, -0.1) is 0 Å². The molecule has 35 heavy (non-hydrogen) atoms. The average molecular weight is 540 g/mol. The van der Waals surface area contributed by atoms with Gasteiger partial charge in [-0.05, 0) is 12.8 Å². The van der Waals surface area contributed by atoms with Crippen LogP contribution in [-0.2, 0) is 18.6 Å². The van der Waals surface area contributed by atoms with Gasteiger partial charge in [-0.2, -0.15) is 0 Å². The Morgan fingerprint density at radius 2 is 1.20 bits per heavy atom. The minimum atomic E-state index is -3.54. The maximum atomic E-state index is 12.2. The van der Waals surface area contributed by atoms with Gasteiger partial charge in [0.05, 0.1) is 31.6 Å². The smallest absolute Gasteiger partial charge is 0.328 e. The van der Waals surface area contributed by atoms with Crippen LogP contribution >= 0.6 is 14.9 Å². The molecule has 5 nitrogen and oxygen atoms in total. The Hall–Kier alpha value is 0.500. The van der Waals surface area contributed by atoms with Crippen LogP contribution in [0.4, 0.5) is 0 Å². The molecule has 0 aliphatic heterocycles. The summed E-state index contributed by atoms with van der Waals surface area (Å²) < 4.78 is 28.7. The second-order valence-electron chi connectivity index (χ2n) is 11.2. The lowest BCUT2D eigenvalue weighted by Gasteiger charge is -2.18. The number of hydrogen-bond acceptors (Lipinski definition) is 4. The molecule has 7 heteroatoms. The first-order chi connectivity index (χ1) is 16.7. The van der Waals surface area contributed by atoms with E-state index >= 15 is 0 Å². The van der Waals surface area contributed by atoms with Crippen molar-refractivity contribution in [1.29, 1.82) is 0 Å². The van der Waals surface area contributed by atoms with Crippen molar-refractivity contribution in [2.75, 3.05) is 59.2 Å². The molecule has 0 spiro atoms. The molecule has 212 valence electrons. The van der Waals surface area contributed by atoms with E-state index in [0.29, 0.717) is 19.6 Å². The van der Waals surface area contributed by atoms with E-state index in [-0.39, 0.29) is 12.3 Å². The maximum Gasteiger partial charge on any atom is 0.328 e. The van der Waals surface area contributed by atoms with Crippen molar-refractivity contribution in [3.8, 4) is 0 Å². The van der Waals surface area contributed by atoms with E-state index < -0.39 is 14.9 Å². The largest absolute Gasteiger partial charge is 0.379 e. The fourth-order valence-corrected chi connectivity index (χ4v) is 5.97. The van der Waals surface area contributed by atoms with Crippen molar-refractivity contribution >= 4 is 14.9 Å². The molecule has 2 atom stereocenters. The van der Waals surface area contributed by atoms with Crippen LogP contribution in [0.3, 0.4) is 0 Å². The van der Waals surface area contributed by atoms with Crippen LogP contribution in [0.1, 0.15) is 116 Å². The van der Waals surface area contributed by atoms with E-state index in [4.69, 9.17) is 14.0 Å². The van der Waals surface area contributed by atoms with Crippen molar-refractivity contribution in [2.24, 2.45) is 0 Å².